The minimum Gasteiger partial charge on any atom is -0.355 e. The van der Waals surface area contributed by atoms with Gasteiger partial charge in [0.05, 0.1) is 6.42 Å². The van der Waals surface area contributed by atoms with Crippen LogP contribution < -0.4 is 5.32 Å². The Morgan fingerprint density at radius 3 is 2.52 bits per heavy atom. The van der Waals surface area contributed by atoms with Gasteiger partial charge in [0.2, 0.25) is 11.8 Å². The molecule has 1 N–H and O–H groups in total. The average Bonchev–Trinajstić information content (AvgIpc) is 2.63. The summed E-state index contributed by atoms with van der Waals surface area (Å²) >= 11 is 5.83. The number of hydrogen-bond acceptors (Lipinski definition) is 2. The topological polar surface area (TPSA) is 49.4 Å². The van der Waals surface area contributed by atoms with Crippen LogP contribution in [0, 0.1) is 0 Å². The molecule has 0 saturated carbocycles. The molecule has 0 spiro atoms. The number of carbonyl (C=O) groups is 2. The smallest absolute Gasteiger partial charge is 0.224 e. The maximum absolute atomic E-state index is 12.3. The fourth-order valence-corrected chi connectivity index (χ4v) is 3.15. The molecule has 25 heavy (non-hydrogen) atoms. The number of fused-ring (bicyclic) bond motifs is 1. The summed E-state index contributed by atoms with van der Waals surface area (Å²) in [6.07, 6.45) is 1.52. The second-order valence-electron chi connectivity index (χ2n) is 6.24. The molecule has 1 heterocycles. The zero-order chi connectivity index (χ0) is 17.6. The van der Waals surface area contributed by atoms with E-state index in [2.05, 4.69) is 17.4 Å². The van der Waals surface area contributed by atoms with Crippen molar-refractivity contribution in [2.45, 2.75) is 25.8 Å². The van der Waals surface area contributed by atoms with Gasteiger partial charge in [-0.25, -0.2) is 0 Å². The van der Waals surface area contributed by atoms with Crippen LogP contribution in [0.5, 0.6) is 0 Å². The Balaban J connectivity index is 1.42. The Morgan fingerprint density at radius 2 is 1.76 bits per heavy atom. The molecule has 0 atom stereocenters. The largest absolute Gasteiger partial charge is 0.355 e. The summed E-state index contributed by atoms with van der Waals surface area (Å²) in [4.78, 5) is 26.2. The average molecular weight is 357 g/mol. The lowest BCUT2D eigenvalue weighted by molar-refractivity contribution is -0.132. The summed E-state index contributed by atoms with van der Waals surface area (Å²) in [6, 6.07) is 15.4. The Labute approximate surface area is 152 Å². The number of carbonyl (C=O) groups excluding carboxylic acids is 2. The molecule has 0 aromatic heterocycles. The van der Waals surface area contributed by atoms with E-state index in [4.69, 9.17) is 11.6 Å². The molecule has 0 unspecified atom stereocenters. The first-order chi connectivity index (χ1) is 12.1. The molecule has 0 saturated heterocycles. The van der Waals surface area contributed by atoms with E-state index < -0.39 is 0 Å². The van der Waals surface area contributed by atoms with Crippen LogP contribution in [0.3, 0.4) is 0 Å². The molecule has 1 aliphatic rings. The Morgan fingerprint density at radius 1 is 1.04 bits per heavy atom. The maximum Gasteiger partial charge on any atom is 0.224 e. The third-order valence-electron chi connectivity index (χ3n) is 4.42. The van der Waals surface area contributed by atoms with Crippen LogP contribution in [0.4, 0.5) is 0 Å². The number of benzene rings is 2. The molecule has 2 amide bonds. The van der Waals surface area contributed by atoms with Gasteiger partial charge in [-0.05, 0) is 35.2 Å². The molecular formula is C20H21ClN2O2. The van der Waals surface area contributed by atoms with Crippen molar-refractivity contribution >= 4 is 23.4 Å². The molecule has 1 aliphatic heterocycles. The van der Waals surface area contributed by atoms with E-state index in [9.17, 15) is 9.59 Å². The number of amides is 2. The number of rotatable bonds is 5. The number of nitrogens with zero attached hydrogens (tertiary/aromatic N) is 1. The highest BCUT2D eigenvalue weighted by molar-refractivity contribution is 6.30. The van der Waals surface area contributed by atoms with Crippen molar-refractivity contribution in [3.05, 3.63) is 70.2 Å². The predicted molar refractivity (Wildman–Crippen MR) is 98.3 cm³/mol. The minimum absolute atomic E-state index is 0.0842. The normalized spacial score (nSPS) is 13.2. The fraction of sp³-hybridized carbons (Fsp3) is 0.300. The third-order valence-corrected chi connectivity index (χ3v) is 4.67. The van der Waals surface area contributed by atoms with Gasteiger partial charge >= 0.3 is 0 Å². The van der Waals surface area contributed by atoms with Crippen LogP contribution in [0.1, 0.15) is 23.1 Å². The minimum atomic E-state index is -0.0842. The van der Waals surface area contributed by atoms with E-state index in [0.717, 1.165) is 18.5 Å². The molecule has 2 aromatic rings. The van der Waals surface area contributed by atoms with E-state index in [1.165, 1.54) is 11.1 Å². The van der Waals surface area contributed by atoms with Gasteiger partial charge in [0.25, 0.3) is 0 Å². The van der Waals surface area contributed by atoms with Gasteiger partial charge in [-0.15, -0.1) is 0 Å². The molecule has 0 aliphatic carbocycles. The summed E-state index contributed by atoms with van der Waals surface area (Å²) in [6.45, 7) is 1.77. The number of hydrogen-bond donors (Lipinski definition) is 1. The van der Waals surface area contributed by atoms with Crippen molar-refractivity contribution in [3.8, 4) is 0 Å². The standard InChI is InChI=1S/C20H21ClN2O2/c21-18-7-5-15(6-8-18)13-19(24)22-11-9-20(25)23-12-10-16-3-1-2-4-17(16)14-23/h1-8H,9-14H2,(H,22,24). The van der Waals surface area contributed by atoms with E-state index in [1.54, 1.807) is 12.1 Å². The van der Waals surface area contributed by atoms with Gasteiger partial charge < -0.3 is 10.2 Å². The molecule has 130 valence electrons. The highest BCUT2D eigenvalue weighted by Gasteiger charge is 2.19. The van der Waals surface area contributed by atoms with Gasteiger partial charge in [-0.2, -0.15) is 0 Å². The maximum atomic E-state index is 12.3. The highest BCUT2D eigenvalue weighted by atomic mass is 35.5. The van der Waals surface area contributed by atoms with Gasteiger partial charge in [0, 0.05) is 31.1 Å². The van der Waals surface area contributed by atoms with E-state index in [0.29, 0.717) is 31.0 Å². The van der Waals surface area contributed by atoms with Gasteiger partial charge in [-0.3, -0.25) is 9.59 Å². The molecular weight excluding hydrogens is 336 g/mol. The van der Waals surface area contributed by atoms with Crippen LogP contribution in [0.15, 0.2) is 48.5 Å². The van der Waals surface area contributed by atoms with E-state index in [1.807, 2.05) is 29.2 Å². The van der Waals surface area contributed by atoms with Crippen LogP contribution in [-0.2, 0) is 29.0 Å². The van der Waals surface area contributed by atoms with Crippen molar-refractivity contribution in [3.63, 3.8) is 0 Å². The van der Waals surface area contributed by atoms with Crippen LogP contribution >= 0.6 is 11.6 Å². The lowest BCUT2D eigenvalue weighted by Crippen LogP contribution is -2.38. The number of halogens is 1. The zero-order valence-electron chi connectivity index (χ0n) is 14.0. The van der Waals surface area contributed by atoms with Crippen molar-refractivity contribution < 1.29 is 9.59 Å². The first-order valence-corrected chi connectivity index (χ1v) is 8.85. The number of nitrogens with one attached hydrogen (secondary N) is 1. The summed E-state index contributed by atoms with van der Waals surface area (Å²) in [5, 5.41) is 3.47. The van der Waals surface area contributed by atoms with Crippen molar-refractivity contribution in [2.24, 2.45) is 0 Å². The van der Waals surface area contributed by atoms with Gasteiger partial charge in [0.1, 0.15) is 0 Å². The monoisotopic (exact) mass is 356 g/mol. The summed E-state index contributed by atoms with van der Waals surface area (Å²) < 4.78 is 0. The van der Waals surface area contributed by atoms with E-state index in [-0.39, 0.29) is 11.8 Å². The van der Waals surface area contributed by atoms with Crippen LogP contribution in [0.25, 0.3) is 0 Å². The van der Waals surface area contributed by atoms with Gasteiger partial charge in [-0.1, -0.05) is 48.0 Å². The first-order valence-electron chi connectivity index (χ1n) is 8.47. The molecule has 3 rings (SSSR count). The van der Waals surface area contributed by atoms with Gasteiger partial charge in [0.15, 0.2) is 0 Å². The molecule has 0 bridgehead atoms. The Hall–Kier alpha value is -2.33. The predicted octanol–water partition coefficient (Wildman–Crippen LogP) is 2.97. The third kappa shape index (κ3) is 4.83. The second kappa shape index (κ2) is 8.17. The molecule has 0 fully saturated rings. The lowest BCUT2D eigenvalue weighted by atomic mass is 10.00. The molecule has 2 aromatic carbocycles. The second-order valence-corrected chi connectivity index (χ2v) is 6.67. The van der Waals surface area contributed by atoms with E-state index >= 15 is 0 Å². The summed E-state index contributed by atoms with van der Waals surface area (Å²) in [5.74, 6) is 0.000378. The Bertz CT molecular complexity index is 759. The van der Waals surface area contributed by atoms with Crippen LogP contribution in [0.2, 0.25) is 5.02 Å². The quantitative estimate of drug-likeness (QED) is 0.895. The highest BCUT2D eigenvalue weighted by Crippen LogP contribution is 2.18. The van der Waals surface area contributed by atoms with Crippen LogP contribution in [-0.4, -0.2) is 29.8 Å². The molecule has 5 heteroatoms. The molecule has 4 nitrogen and oxygen atoms in total. The summed E-state index contributed by atoms with van der Waals surface area (Å²) in [7, 11) is 0. The Kier molecular flexibility index (Phi) is 5.71. The summed E-state index contributed by atoms with van der Waals surface area (Å²) in [5.41, 5.74) is 3.44. The lowest BCUT2D eigenvalue weighted by Gasteiger charge is -2.29. The fourth-order valence-electron chi connectivity index (χ4n) is 3.03. The zero-order valence-corrected chi connectivity index (χ0v) is 14.8. The van der Waals surface area contributed by atoms with Crippen molar-refractivity contribution in [2.75, 3.05) is 13.1 Å². The molecule has 0 radical (unpaired) electrons. The first kappa shape index (κ1) is 17.5. The van der Waals surface area contributed by atoms with Crippen molar-refractivity contribution in [1.82, 2.24) is 10.2 Å². The SMILES string of the molecule is O=C(Cc1ccc(Cl)cc1)NCCC(=O)N1CCc2ccccc2C1. The van der Waals surface area contributed by atoms with Crippen molar-refractivity contribution in [1.29, 1.82) is 0 Å².